The van der Waals surface area contributed by atoms with Crippen molar-refractivity contribution in [1.29, 1.82) is 0 Å². The van der Waals surface area contributed by atoms with Gasteiger partial charge < -0.3 is 9.55 Å². The minimum Gasteiger partial charge on any atom is -0.354 e. The summed E-state index contributed by atoms with van der Waals surface area (Å²) in [5, 5.41) is 4.90. The van der Waals surface area contributed by atoms with Crippen molar-refractivity contribution in [3.8, 4) is 72.4 Å². The number of benzene rings is 10. The Hall–Kier alpha value is -8.20. The molecule has 2 aromatic heterocycles. The fourth-order valence-electron chi connectivity index (χ4n) is 11.6. The number of fused-ring (bicyclic) bond motifs is 6. The SMILES string of the molecule is Cc1ccccc1-c1ccc2[nH]c3c(-c4cc(-n5c6ccc(-c7ccccc7C)cc6c6cc(-c7ccccc7C)ccc65)ccc4-c4cc(C(C)(C)C)cc(C(C)(C)C)c4)cc(-c4ccccc4C)cc3c2c1. The van der Waals surface area contributed by atoms with Crippen LogP contribution in [-0.2, 0) is 10.8 Å². The van der Waals surface area contributed by atoms with E-state index < -0.39 is 0 Å². The predicted molar refractivity (Wildman–Crippen MR) is 319 cm³/mol. The van der Waals surface area contributed by atoms with Gasteiger partial charge in [-0.1, -0.05) is 181 Å². The third kappa shape index (κ3) is 8.14. The largest absolute Gasteiger partial charge is 0.354 e. The number of H-pyrrole nitrogens is 1. The van der Waals surface area contributed by atoms with E-state index in [1.165, 1.54) is 133 Å². The Morgan fingerprint density at radius 1 is 0.311 bits per heavy atom. The molecule has 12 aromatic rings. The van der Waals surface area contributed by atoms with Crippen LogP contribution >= 0.6 is 0 Å². The van der Waals surface area contributed by atoms with Crippen molar-refractivity contribution in [3.63, 3.8) is 0 Å². The number of nitrogens with zero attached hydrogens (tertiary/aromatic N) is 1. The molecule has 0 aliphatic rings. The highest BCUT2D eigenvalue weighted by Gasteiger charge is 2.25. The maximum Gasteiger partial charge on any atom is 0.0545 e. The molecular weight excluding hydrogens is 893 g/mol. The van der Waals surface area contributed by atoms with Crippen LogP contribution in [0.2, 0.25) is 0 Å². The highest BCUT2D eigenvalue weighted by atomic mass is 15.0. The van der Waals surface area contributed by atoms with E-state index in [0.29, 0.717) is 0 Å². The van der Waals surface area contributed by atoms with Crippen molar-refractivity contribution in [2.45, 2.75) is 80.1 Å². The molecule has 0 amide bonds. The number of nitrogens with one attached hydrogen (secondary N) is 1. The molecule has 0 radical (unpaired) electrons. The van der Waals surface area contributed by atoms with Gasteiger partial charge >= 0.3 is 0 Å². The first-order valence-corrected chi connectivity index (χ1v) is 26.3. The molecule has 362 valence electrons. The molecule has 0 unspecified atom stereocenters. The van der Waals surface area contributed by atoms with E-state index in [0.717, 1.165) is 16.7 Å². The minimum atomic E-state index is -0.0581. The molecule has 2 heterocycles. The maximum absolute atomic E-state index is 4.04. The van der Waals surface area contributed by atoms with Gasteiger partial charge in [0.15, 0.2) is 0 Å². The zero-order valence-corrected chi connectivity index (χ0v) is 44.5. The Morgan fingerprint density at radius 2 is 0.730 bits per heavy atom. The van der Waals surface area contributed by atoms with Gasteiger partial charge in [-0.15, -0.1) is 0 Å². The van der Waals surface area contributed by atoms with Crippen LogP contribution in [0.1, 0.15) is 74.9 Å². The average molecular weight is 957 g/mol. The molecule has 0 saturated carbocycles. The second-order valence-corrected chi connectivity index (χ2v) is 22.9. The monoisotopic (exact) mass is 957 g/mol. The molecule has 10 aromatic carbocycles. The van der Waals surface area contributed by atoms with E-state index >= 15 is 0 Å². The van der Waals surface area contributed by atoms with E-state index in [1.807, 2.05) is 0 Å². The first kappa shape index (κ1) is 46.8. The maximum atomic E-state index is 4.04. The summed E-state index contributed by atoms with van der Waals surface area (Å²) in [6.07, 6.45) is 0. The lowest BCUT2D eigenvalue weighted by molar-refractivity contribution is 0.569. The van der Waals surface area contributed by atoms with Crippen LogP contribution < -0.4 is 0 Å². The molecule has 0 saturated heterocycles. The number of rotatable bonds is 7. The van der Waals surface area contributed by atoms with E-state index in [1.54, 1.807) is 0 Å². The summed E-state index contributed by atoms with van der Waals surface area (Å²) >= 11 is 0. The molecule has 12 rings (SSSR count). The van der Waals surface area contributed by atoms with Crippen molar-refractivity contribution < 1.29 is 0 Å². The summed E-state index contributed by atoms with van der Waals surface area (Å²) in [6, 6.07) is 75.7. The molecule has 74 heavy (non-hydrogen) atoms. The molecule has 0 aliphatic heterocycles. The highest BCUT2D eigenvalue weighted by molar-refractivity contribution is 6.16. The van der Waals surface area contributed by atoms with E-state index in [4.69, 9.17) is 0 Å². The van der Waals surface area contributed by atoms with Gasteiger partial charge in [0.05, 0.1) is 16.6 Å². The van der Waals surface area contributed by atoms with Crippen molar-refractivity contribution in [2.75, 3.05) is 0 Å². The smallest absolute Gasteiger partial charge is 0.0545 e. The lowest BCUT2D eigenvalue weighted by atomic mass is 9.78. The number of aryl methyl sites for hydroxylation is 4. The Balaban J connectivity index is 1.19. The van der Waals surface area contributed by atoms with Gasteiger partial charge in [0.1, 0.15) is 0 Å². The molecule has 1 N–H and O–H groups in total. The van der Waals surface area contributed by atoms with E-state index in [-0.39, 0.29) is 10.8 Å². The van der Waals surface area contributed by atoms with E-state index in [2.05, 4.69) is 279 Å². The standard InChI is InChI=1S/C72H64N2/c1-44-19-11-15-23-56(44)48-27-32-67-62(37-48)66-41-52(59-26-18-14-22-47(59)4)40-65(70(66)73-67)61-43-55(30-31-60(61)51-35-53(71(5,6)7)42-54(36-51)72(8,9)10)74-68-33-28-49(57-24-16-12-20-45(57)2)38-63(68)64-39-50(29-34-69(64)74)58-25-17-13-21-46(58)3/h11-43,73H,1-10H3. The first-order chi connectivity index (χ1) is 35.6. The van der Waals surface area contributed by atoms with Crippen LogP contribution in [0.3, 0.4) is 0 Å². The predicted octanol–water partition coefficient (Wildman–Crippen LogP) is 20.2. The fourth-order valence-corrected chi connectivity index (χ4v) is 11.6. The fraction of sp³-hybridized carbons (Fsp3) is 0.167. The lowest BCUT2D eigenvalue weighted by Crippen LogP contribution is -2.16. The van der Waals surface area contributed by atoms with Gasteiger partial charge in [0, 0.05) is 38.3 Å². The average Bonchev–Trinajstić information content (AvgIpc) is 3.94. The zero-order valence-electron chi connectivity index (χ0n) is 44.5. The number of aromatic amines is 1. The van der Waals surface area contributed by atoms with Gasteiger partial charge in [0.25, 0.3) is 0 Å². The van der Waals surface area contributed by atoms with Crippen molar-refractivity contribution in [1.82, 2.24) is 9.55 Å². The van der Waals surface area contributed by atoms with Crippen LogP contribution in [0, 0.1) is 27.7 Å². The third-order valence-electron chi connectivity index (χ3n) is 15.8. The Labute approximate surface area is 437 Å². The van der Waals surface area contributed by atoms with Gasteiger partial charge in [-0.3, -0.25) is 0 Å². The summed E-state index contributed by atoms with van der Waals surface area (Å²) < 4.78 is 2.51. The molecule has 0 atom stereocenters. The summed E-state index contributed by atoms with van der Waals surface area (Å²) in [4.78, 5) is 4.04. The topological polar surface area (TPSA) is 20.7 Å². The third-order valence-corrected chi connectivity index (χ3v) is 15.8. The molecular formula is C72H64N2. The summed E-state index contributed by atoms with van der Waals surface area (Å²) in [6.45, 7) is 22.9. The second kappa shape index (κ2) is 17.8. The van der Waals surface area contributed by atoms with Gasteiger partial charge in [-0.05, 0) is 194 Å². The summed E-state index contributed by atoms with van der Waals surface area (Å²) in [5.41, 5.74) is 28.0. The van der Waals surface area contributed by atoms with Crippen LogP contribution in [0.4, 0.5) is 0 Å². The molecule has 0 spiro atoms. The van der Waals surface area contributed by atoms with Crippen LogP contribution in [0.25, 0.3) is 116 Å². The van der Waals surface area contributed by atoms with Gasteiger partial charge in [0.2, 0.25) is 0 Å². The summed E-state index contributed by atoms with van der Waals surface area (Å²) in [5.74, 6) is 0. The van der Waals surface area contributed by atoms with Crippen molar-refractivity contribution in [3.05, 3.63) is 234 Å². The minimum absolute atomic E-state index is 0.0581. The second-order valence-electron chi connectivity index (χ2n) is 22.9. The van der Waals surface area contributed by atoms with Crippen LogP contribution in [0.15, 0.2) is 200 Å². The normalized spacial score (nSPS) is 12.2. The molecule has 2 heteroatoms. The Morgan fingerprint density at radius 3 is 1.20 bits per heavy atom. The van der Waals surface area contributed by atoms with E-state index in [9.17, 15) is 0 Å². The van der Waals surface area contributed by atoms with Crippen LogP contribution in [0.5, 0.6) is 0 Å². The number of hydrogen-bond donors (Lipinski definition) is 1. The lowest BCUT2D eigenvalue weighted by Gasteiger charge is -2.27. The van der Waals surface area contributed by atoms with Crippen molar-refractivity contribution in [2.24, 2.45) is 0 Å². The van der Waals surface area contributed by atoms with Gasteiger partial charge in [-0.2, -0.15) is 0 Å². The van der Waals surface area contributed by atoms with Crippen molar-refractivity contribution >= 4 is 43.6 Å². The Bertz CT molecular complexity index is 4060. The first-order valence-electron chi connectivity index (χ1n) is 26.3. The zero-order chi connectivity index (χ0) is 51.2. The molecule has 0 fully saturated rings. The Kier molecular flexibility index (Phi) is 11.3. The highest BCUT2D eigenvalue weighted by Crippen LogP contribution is 2.46. The molecule has 2 nitrogen and oxygen atoms in total. The number of aromatic nitrogens is 2. The quantitative estimate of drug-likeness (QED) is 0.164. The van der Waals surface area contributed by atoms with Gasteiger partial charge in [-0.25, -0.2) is 0 Å². The molecule has 0 aliphatic carbocycles. The number of hydrogen-bond acceptors (Lipinski definition) is 0. The summed E-state index contributed by atoms with van der Waals surface area (Å²) in [7, 11) is 0. The molecule has 0 bridgehead atoms. The van der Waals surface area contributed by atoms with Crippen LogP contribution in [-0.4, -0.2) is 9.55 Å².